The highest BCUT2D eigenvalue weighted by molar-refractivity contribution is 6.31. The predicted molar refractivity (Wildman–Crippen MR) is 113 cm³/mol. The van der Waals surface area contributed by atoms with Crippen LogP contribution >= 0.6 is 23.2 Å². The zero-order chi connectivity index (χ0) is 20.8. The van der Waals surface area contributed by atoms with Crippen LogP contribution in [-0.4, -0.2) is 47.7 Å². The van der Waals surface area contributed by atoms with Crippen molar-refractivity contribution in [3.8, 4) is 0 Å². The number of nitrogens with zero attached hydrogens (tertiary/aromatic N) is 2. The smallest absolute Gasteiger partial charge is 0.222 e. The summed E-state index contributed by atoms with van der Waals surface area (Å²) in [5, 5.41) is 1.02. The van der Waals surface area contributed by atoms with E-state index in [9.17, 15) is 14.0 Å². The van der Waals surface area contributed by atoms with E-state index >= 15 is 0 Å². The number of Topliss-reactive ketones (excluding diaryl/α,β-unsaturated/α-hetero) is 1. The standard InChI is InChI=1S/C22H23Cl2FN2O2/c23-18-7-4-16(5-8-18)21(28)2-1-3-22(29)27-12-10-26(11-13-27)15-17-6-9-19(25)14-20(17)24/h4-9,14H,1-3,10-13,15H2. The van der Waals surface area contributed by atoms with Crippen LogP contribution in [0.1, 0.15) is 35.2 Å². The molecule has 0 aliphatic carbocycles. The summed E-state index contributed by atoms with van der Waals surface area (Å²) in [7, 11) is 0. The van der Waals surface area contributed by atoms with Crippen molar-refractivity contribution in [2.75, 3.05) is 26.2 Å². The van der Waals surface area contributed by atoms with Crippen LogP contribution in [0, 0.1) is 5.82 Å². The molecule has 1 heterocycles. The maximum Gasteiger partial charge on any atom is 0.222 e. The molecule has 4 nitrogen and oxygen atoms in total. The van der Waals surface area contributed by atoms with E-state index in [2.05, 4.69) is 4.90 Å². The quantitative estimate of drug-likeness (QED) is 0.583. The maximum atomic E-state index is 13.2. The van der Waals surface area contributed by atoms with E-state index in [1.54, 1.807) is 30.3 Å². The molecule has 154 valence electrons. The summed E-state index contributed by atoms with van der Waals surface area (Å²) in [6.45, 7) is 3.40. The summed E-state index contributed by atoms with van der Waals surface area (Å²) in [4.78, 5) is 28.6. The average Bonchev–Trinajstić information content (AvgIpc) is 2.71. The van der Waals surface area contributed by atoms with E-state index in [1.165, 1.54) is 12.1 Å². The van der Waals surface area contributed by atoms with Crippen molar-refractivity contribution in [2.24, 2.45) is 0 Å². The Morgan fingerprint density at radius 2 is 1.62 bits per heavy atom. The van der Waals surface area contributed by atoms with Gasteiger partial charge in [0, 0.05) is 61.2 Å². The lowest BCUT2D eigenvalue weighted by Gasteiger charge is -2.35. The lowest BCUT2D eigenvalue weighted by atomic mass is 10.1. The van der Waals surface area contributed by atoms with Crippen LogP contribution in [0.15, 0.2) is 42.5 Å². The second-order valence-electron chi connectivity index (χ2n) is 7.18. The van der Waals surface area contributed by atoms with Crippen molar-refractivity contribution < 1.29 is 14.0 Å². The fourth-order valence-corrected chi connectivity index (χ4v) is 3.74. The molecule has 1 aliphatic heterocycles. The molecule has 2 aromatic rings. The van der Waals surface area contributed by atoms with Crippen LogP contribution in [0.25, 0.3) is 0 Å². The van der Waals surface area contributed by atoms with Gasteiger partial charge in [-0.3, -0.25) is 14.5 Å². The zero-order valence-electron chi connectivity index (χ0n) is 16.0. The second kappa shape index (κ2) is 10.2. The van der Waals surface area contributed by atoms with Crippen molar-refractivity contribution in [3.63, 3.8) is 0 Å². The summed E-state index contributed by atoms with van der Waals surface area (Å²) in [5.74, 6) is -0.243. The molecule has 1 aliphatic rings. The van der Waals surface area contributed by atoms with Gasteiger partial charge in [-0.2, -0.15) is 0 Å². The van der Waals surface area contributed by atoms with Crippen LogP contribution in [0.3, 0.4) is 0 Å². The minimum Gasteiger partial charge on any atom is -0.340 e. The van der Waals surface area contributed by atoms with Gasteiger partial charge >= 0.3 is 0 Å². The molecular formula is C22H23Cl2FN2O2. The summed E-state index contributed by atoms with van der Waals surface area (Å²) >= 11 is 11.9. The molecule has 7 heteroatoms. The number of carbonyl (C=O) groups excluding carboxylic acids is 2. The van der Waals surface area contributed by atoms with Gasteiger partial charge in [0.2, 0.25) is 5.91 Å². The number of hydrogen-bond acceptors (Lipinski definition) is 3. The van der Waals surface area contributed by atoms with Gasteiger partial charge < -0.3 is 4.90 Å². The Labute approximate surface area is 180 Å². The van der Waals surface area contributed by atoms with Crippen molar-refractivity contribution in [2.45, 2.75) is 25.8 Å². The highest BCUT2D eigenvalue weighted by Gasteiger charge is 2.21. The first-order valence-corrected chi connectivity index (χ1v) is 10.4. The molecular weight excluding hydrogens is 414 g/mol. The Bertz CT molecular complexity index is 866. The Morgan fingerprint density at radius 1 is 0.931 bits per heavy atom. The summed E-state index contributed by atoms with van der Waals surface area (Å²) in [5.41, 5.74) is 1.50. The summed E-state index contributed by atoms with van der Waals surface area (Å²) < 4.78 is 13.2. The van der Waals surface area contributed by atoms with Gasteiger partial charge in [0.05, 0.1) is 0 Å². The van der Waals surface area contributed by atoms with E-state index in [0.29, 0.717) is 54.5 Å². The first-order chi connectivity index (χ1) is 13.9. The van der Waals surface area contributed by atoms with Crippen molar-refractivity contribution >= 4 is 34.9 Å². The Balaban J connectivity index is 1.39. The zero-order valence-corrected chi connectivity index (χ0v) is 17.6. The fourth-order valence-electron chi connectivity index (χ4n) is 3.38. The third-order valence-corrected chi connectivity index (χ3v) is 5.70. The number of amides is 1. The maximum absolute atomic E-state index is 13.2. The minimum absolute atomic E-state index is 0.0236. The normalized spacial score (nSPS) is 14.8. The number of ketones is 1. The van der Waals surface area contributed by atoms with E-state index < -0.39 is 0 Å². The Hall–Kier alpha value is -1.95. The molecule has 2 aromatic carbocycles. The molecule has 0 spiro atoms. The molecule has 0 saturated carbocycles. The van der Waals surface area contributed by atoms with Crippen LogP contribution < -0.4 is 0 Å². The number of piperazine rings is 1. The van der Waals surface area contributed by atoms with Crippen molar-refractivity contribution in [1.29, 1.82) is 0 Å². The van der Waals surface area contributed by atoms with E-state index in [4.69, 9.17) is 23.2 Å². The number of hydrogen-bond donors (Lipinski definition) is 0. The second-order valence-corrected chi connectivity index (χ2v) is 8.02. The highest BCUT2D eigenvalue weighted by Crippen LogP contribution is 2.20. The average molecular weight is 437 g/mol. The molecule has 3 rings (SSSR count). The van der Waals surface area contributed by atoms with Gasteiger partial charge in [-0.05, 0) is 48.4 Å². The molecule has 1 saturated heterocycles. The lowest BCUT2D eigenvalue weighted by molar-refractivity contribution is -0.133. The molecule has 0 unspecified atom stereocenters. The minimum atomic E-state index is -0.344. The van der Waals surface area contributed by atoms with E-state index in [-0.39, 0.29) is 17.5 Å². The third kappa shape index (κ3) is 6.26. The van der Waals surface area contributed by atoms with Crippen molar-refractivity contribution in [3.05, 3.63) is 69.5 Å². The number of benzene rings is 2. The van der Waals surface area contributed by atoms with Crippen LogP contribution in [0.5, 0.6) is 0 Å². The first-order valence-electron chi connectivity index (χ1n) is 9.65. The highest BCUT2D eigenvalue weighted by atomic mass is 35.5. The predicted octanol–water partition coefficient (Wildman–Crippen LogP) is 4.83. The molecule has 0 bridgehead atoms. The van der Waals surface area contributed by atoms with Gasteiger partial charge in [0.1, 0.15) is 5.82 Å². The van der Waals surface area contributed by atoms with Gasteiger partial charge in [-0.25, -0.2) is 4.39 Å². The first kappa shape index (κ1) is 21.8. The van der Waals surface area contributed by atoms with Crippen LogP contribution in [0.2, 0.25) is 10.0 Å². The van der Waals surface area contributed by atoms with Crippen LogP contribution in [-0.2, 0) is 11.3 Å². The Morgan fingerprint density at radius 3 is 2.28 bits per heavy atom. The molecule has 1 amide bonds. The van der Waals surface area contributed by atoms with Gasteiger partial charge in [0.15, 0.2) is 5.78 Å². The number of rotatable bonds is 7. The lowest BCUT2D eigenvalue weighted by Crippen LogP contribution is -2.48. The summed E-state index contributed by atoms with van der Waals surface area (Å²) in [6.07, 6.45) is 1.24. The fraction of sp³-hybridized carbons (Fsp3) is 0.364. The Kier molecular flexibility index (Phi) is 7.64. The van der Waals surface area contributed by atoms with Crippen LogP contribution in [0.4, 0.5) is 4.39 Å². The molecule has 0 aromatic heterocycles. The molecule has 0 N–H and O–H groups in total. The number of carbonyl (C=O) groups is 2. The van der Waals surface area contributed by atoms with Gasteiger partial charge in [-0.1, -0.05) is 29.3 Å². The van der Waals surface area contributed by atoms with E-state index in [1.807, 2.05) is 4.90 Å². The summed E-state index contributed by atoms with van der Waals surface area (Å²) in [6, 6.07) is 11.2. The van der Waals surface area contributed by atoms with E-state index in [0.717, 1.165) is 18.7 Å². The number of halogens is 3. The molecule has 0 atom stereocenters. The topological polar surface area (TPSA) is 40.6 Å². The third-order valence-electron chi connectivity index (χ3n) is 5.09. The van der Waals surface area contributed by atoms with Crippen molar-refractivity contribution in [1.82, 2.24) is 9.80 Å². The van der Waals surface area contributed by atoms with Gasteiger partial charge in [-0.15, -0.1) is 0 Å². The SMILES string of the molecule is O=C(CCCC(=O)N1CCN(Cc2ccc(F)cc2Cl)CC1)c1ccc(Cl)cc1. The largest absolute Gasteiger partial charge is 0.340 e. The molecule has 0 radical (unpaired) electrons. The van der Waals surface area contributed by atoms with Gasteiger partial charge in [0.25, 0.3) is 0 Å². The molecule has 1 fully saturated rings. The molecule has 29 heavy (non-hydrogen) atoms. The monoisotopic (exact) mass is 436 g/mol.